The average molecular weight is 504 g/mol. The van der Waals surface area contributed by atoms with E-state index in [1.807, 2.05) is 38.1 Å². The highest BCUT2D eigenvalue weighted by atomic mass is 16.4. The van der Waals surface area contributed by atoms with Crippen LogP contribution in [0.2, 0.25) is 0 Å². The molecule has 2 aromatic rings. The molecule has 12 nitrogen and oxygen atoms in total. The van der Waals surface area contributed by atoms with Crippen molar-refractivity contribution in [1.82, 2.24) is 20.9 Å². The first-order valence-corrected chi connectivity index (χ1v) is 11.5. The Hall–Kier alpha value is -3.93. The maximum Gasteiger partial charge on any atom is 0.326 e. The summed E-state index contributed by atoms with van der Waals surface area (Å²) in [5, 5.41) is 26.5. The van der Waals surface area contributed by atoms with Crippen molar-refractivity contribution < 1.29 is 34.2 Å². The summed E-state index contributed by atoms with van der Waals surface area (Å²) < 4.78 is 0. The predicted octanol–water partition coefficient (Wildman–Crippen LogP) is 0.117. The van der Waals surface area contributed by atoms with Crippen LogP contribution in [0.15, 0.2) is 30.5 Å². The van der Waals surface area contributed by atoms with Gasteiger partial charge in [-0.25, -0.2) is 4.79 Å². The quantitative estimate of drug-likeness (QED) is 0.199. The van der Waals surface area contributed by atoms with E-state index in [4.69, 9.17) is 10.8 Å². The number of amides is 3. The van der Waals surface area contributed by atoms with Gasteiger partial charge in [0.05, 0.1) is 12.5 Å². The van der Waals surface area contributed by atoms with E-state index < -0.39 is 60.2 Å². The molecule has 0 aliphatic carbocycles. The topological polar surface area (TPSA) is 204 Å². The second-order valence-electron chi connectivity index (χ2n) is 9.09. The van der Waals surface area contributed by atoms with Crippen LogP contribution in [0, 0.1) is 5.92 Å². The fraction of sp³-hybridized carbons (Fsp3) is 0.458. The smallest absolute Gasteiger partial charge is 0.326 e. The summed E-state index contributed by atoms with van der Waals surface area (Å²) in [4.78, 5) is 63.6. The molecule has 0 bridgehead atoms. The highest BCUT2D eigenvalue weighted by Crippen LogP contribution is 2.19. The number of hydrogen-bond donors (Lipinski definition) is 7. The minimum Gasteiger partial charge on any atom is -0.481 e. The van der Waals surface area contributed by atoms with Crippen molar-refractivity contribution in [1.29, 1.82) is 0 Å². The van der Waals surface area contributed by atoms with E-state index >= 15 is 0 Å². The lowest BCUT2D eigenvalue weighted by Crippen LogP contribution is -2.57. The molecule has 1 aromatic heterocycles. The van der Waals surface area contributed by atoms with Gasteiger partial charge >= 0.3 is 11.9 Å². The number of rotatable bonds is 13. The average Bonchev–Trinajstić information content (AvgIpc) is 3.19. The van der Waals surface area contributed by atoms with Gasteiger partial charge in [-0.2, -0.15) is 0 Å². The zero-order valence-corrected chi connectivity index (χ0v) is 20.4. The maximum absolute atomic E-state index is 13.1. The standard InChI is InChI=1S/C24H33N5O7/c1-12(2)8-19(24(35)36)29-21(32)13(3)27-23(34)18(28-22(33)16(25)10-20(30)31)9-14-11-26-17-7-5-4-6-15(14)17/h4-7,11-13,16,18-19,26H,8-10,25H2,1-3H3,(H,27,34)(H,28,33)(H,29,32)(H,30,31)(H,35,36). The number of aromatic nitrogens is 1. The number of aliphatic carboxylic acids is 2. The molecule has 0 saturated heterocycles. The van der Waals surface area contributed by atoms with Gasteiger partial charge in [0.25, 0.3) is 0 Å². The Kier molecular flexibility index (Phi) is 9.97. The van der Waals surface area contributed by atoms with Crippen molar-refractivity contribution in [2.75, 3.05) is 0 Å². The summed E-state index contributed by atoms with van der Waals surface area (Å²) in [6.07, 6.45) is 1.30. The van der Waals surface area contributed by atoms with Crippen LogP contribution in [0.25, 0.3) is 10.9 Å². The number of para-hydroxylation sites is 1. The number of aromatic amines is 1. The molecule has 0 saturated carbocycles. The molecule has 4 unspecified atom stereocenters. The number of nitrogens with two attached hydrogens (primary N) is 1. The number of hydrogen-bond acceptors (Lipinski definition) is 6. The monoisotopic (exact) mass is 503 g/mol. The predicted molar refractivity (Wildman–Crippen MR) is 131 cm³/mol. The molecule has 8 N–H and O–H groups in total. The molecule has 0 aliphatic rings. The number of nitrogens with one attached hydrogen (secondary N) is 4. The maximum atomic E-state index is 13.1. The number of benzene rings is 1. The molecule has 2 rings (SSSR count). The lowest BCUT2D eigenvalue weighted by molar-refractivity contribution is -0.142. The van der Waals surface area contributed by atoms with Crippen LogP contribution in [0.4, 0.5) is 0 Å². The van der Waals surface area contributed by atoms with Crippen LogP contribution in [-0.4, -0.2) is 69.0 Å². The third-order valence-corrected chi connectivity index (χ3v) is 5.54. The Morgan fingerprint density at radius 3 is 2.17 bits per heavy atom. The first-order valence-electron chi connectivity index (χ1n) is 11.5. The summed E-state index contributed by atoms with van der Waals surface area (Å²) in [6.45, 7) is 5.03. The van der Waals surface area contributed by atoms with E-state index in [9.17, 15) is 29.1 Å². The third kappa shape index (κ3) is 8.08. The molecule has 196 valence electrons. The van der Waals surface area contributed by atoms with Crippen LogP contribution < -0.4 is 21.7 Å². The van der Waals surface area contributed by atoms with E-state index in [-0.39, 0.29) is 18.8 Å². The van der Waals surface area contributed by atoms with Crippen molar-refractivity contribution in [2.45, 2.75) is 64.2 Å². The fourth-order valence-corrected chi connectivity index (χ4v) is 3.66. The van der Waals surface area contributed by atoms with Gasteiger partial charge in [0.15, 0.2) is 0 Å². The largest absolute Gasteiger partial charge is 0.481 e. The number of fused-ring (bicyclic) bond motifs is 1. The Bertz CT molecular complexity index is 1110. The van der Waals surface area contributed by atoms with Crippen LogP contribution >= 0.6 is 0 Å². The van der Waals surface area contributed by atoms with Crippen molar-refractivity contribution in [3.8, 4) is 0 Å². The Balaban J connectivity index is 2.18. The Morgan fingerprint density at radius 2 is 1.56 bits per heavy atom. The second kappa shape index (κ2) is 12.7. The van der Waals surface area contributed by atoms with E-state index in [2.05, 4.69) is 20.9 Å². The lowest BCUT2D eigenvalue weighted by Gasteiger charge is -2.23. The minimum atomic E-state index is -1.38. The molecule has 0 fully saturated rings. The van der Waals surface area contributed by atoms with Gasteiger partial charge in [-0.3, -0.25) is 19.2 Å². The van der Waals surface area contributed by atoms with E-state index in [1.54, 1.807) is 6.20 Å². The molecule has 3 amide bonds. The van der Waals surface area contributed by atoms with Gasteiger partial charge in [0.1, 0.15) is 18.1 Å². The minimum absolute atomic E-state index is 0.0158. The van der Waals surface area contributed by atoms with Gasteiger partial charge < -0.3 is 36.9 Å². The molecule has 36 heavy (non-hydrogen) atoms. The van der Waals surface area contributed by atoms with Gasteiger partial charge in [0.2, 0.25) is 17.7 Å². The molecule has 0 radical (unpaired) electrons. The molecule has 0 aliphatic heterocycles. The Labute approximate surface area is 208 Å². The summed E-state index contributed by atoms with van der Waals surface area (Å²) in [6, 6.07) is 2.55. The van der Waals surface area contributed by atoms with Crippen LogP contribution in [0.3, 0.4) is 0 Å². The molecule has 1 heterocycles. The van der Waals surface area contributed by atoms with Gasteiger partial charge in [-0.05, 0) is 30.9 Å². The Morgan fingerprint density at radius 1 is 0.917 bits per heavy atom. The molecule has 0 spiro atoms. The number of carboxylic acids is 2. The zero-order chi connectivity index (χ0) is 27.0. The summed E-state index contributed by atoms with van der Waals surface area (Å²) in [7, 11) is 0. The fourth-order valence-electron chi connectivity index (χ4n) is 3.66. The van der Waals surface area contributed by atoms with Crippen LogP contribution in [0.1, 0.15) is 39.2 Å². The molecule has 12 heteroatoms. The SMILES string of the molecule is CC(C)CC(NC(=O)C(C)NC(=O)C(Cc1c[nH]c2ccccc12)NC(=O)C(N)CC(=O)O)C(=O)O. The normalized spacial score (nSPS) is 14.5. The molecular formula is C24H33N5O7. The highest BCUT2D eigenvalue weighted by Gasteiger charge is 2.29. The van der Waals surface area contributed by atoms with E-state index in [1.165, 1.54) is 6.92 Å². The van der Waals surface area contributed by atoms with E-state index in [0.29, 0.717) is 5.56 Å². The van der Waals surface area contributed by atoms with Crippen molar-refractivity contribution >= 4 is 40.6 Å². The lowest BCUT2D eigenvalue weighted by atomic mass is 10.0. The summed E-state index contributed by atoms with van der Waals surface area (Å²) >= 11 is 0. The van der Waals surface area contributed by atoms with Gasteiger partial charge in [-0.15, -0.1) is 0 Å². The van der Waals surface area contributed by atoms with Gasteiger partial charge in [-0.1, -0.05) is 32.0 Å². The number of carbonyl (C=O) groups is 5. The first kappa shape index (κ1) is 28.3. The van der Waals surface area contributed by atoms with Crippen LogP contribution in [-0.2, 0) is 30.4 Å². The summed E-state index contributed by atoms with van der Waals surface area (Å²) in [5.74, 6) is -4.69. The van der Waals surface area contributed by atoms with E-state index in [0.717, 1.165) is 10.9 Å². The zero-order valence-electron chi connectivity index (χ0n) is 20.4. The van der Waals surface area contributed by atoms with Crippen molar-refractivity contribution in [2.24, 2.45) is 11.7 Å². The second-order valence-corrected chi connectivity index (χ2v) is 9.09. The van der Waals surface area contributed by atoms with Crippen molar-refractivity contribution in [3.05, 3.63) is 36.0 Å². The highest BCUT2D eigenvalue weighted by molar-refractivity contribution is 5.95. The van der Waals surface area contributed by atoms with Crippen LogP contribution in [0.5, 0.6) is 0 Å². The first-order chi connectivity index (χ1) is 16.9. The number of H-pyrrole nitrogens is 1. The van der Waals surface area contributed by atoms with Crippen molar-refractivity contribution in [3.63, 3.8) is 0 Å². The molecule has 1 aromatic carbocycles. The number of carbonyl (C=O) groups excluding carboxylic acids is 3. The van der Waals surface area contributed by atoms with Gasteiger partial charge in [0, 0.05) is 23.5 Å². The molecular weight excluding hydrogens is 470 g/mol. The third-order valence-electron chi connectivity index (χ3n) is 5.54. The summed E-state index contributed by atoms with van der Waals surface area (Å²) in [5.41, 5.74) is 7.18. The number of carboxylic acid groups (broad SMARTS) is 2. The molecule has 4 atom stereocenters.